The third kappa shape index (κ3) is 2.74. The number of allylic oxidation sites excluding steroid dienone is 4. The van der Waals surface area contributed by atoms with Gasteiger partial charge in [-0.25, -0.2) is 0 Å². The van der Waals surface area contributed by atoms with Gasteiger partial charge in [-0.1, -0.05) is 18.6 Å². The Hall–Kier alpha value is -2.03. The Bertz CT molecular complexity index is 760. The van der Waals surface area contributed by atoms with Crippen molar-refractivity contribution in [2.24, 2.45) is 29.1 Å². The number of rotatable bonds is 2. The van der Waals surface area contributed by atoms with Gasteiger partial charge in [-0.2, -0.15) is 0 Å². The number of aliphatic hydroxyl groups is 2. The first-order valence-corrected chi connectivity index (χ1v) is 9.47. The van der Waals surface area contributed by atoms with Gasteiger partial charge in [-0.3, -0.25) is 14.4 Å². The lowest BCUT2D eigenvalue weighted by atomic mass is 9.49. The van der Waals surface area contributed by atoms with Gasteiger partial charge in [-0.05, 0) is 49.7 Å². The molecule has 0 aromatic rings. The number of ketones is 3. The van der Waals surface area contributed by atoms with E-state index in [1.807, 2.05) is 13.0 Å². The predicted molar refractivity (Wildman–Crippen MR) is 99.3 cm³/mol. The van der Waals surface area contributed by atoms with Crippen molar-refractivity contribution in [1.82, 2.24) is 0 Å². The minimum atomic E-state index is -1.32. The maximum atomic E-state index is 13.1. The Kier molecular flexibility index (Phi) is 5.00. The Morgan fingerprint density at radius 3 is 2.63 bits per heavy atom. The summed E-state index contributed by atoms with van der Waals surface area (Å²) < 4.78 is 0. The fourth-order valence-corrected chi connectivity index (χ4v) is 6.21. The summed E-state index contributed by atoms with van der Waals surface area (Å²) in [6, 6.07) is 0. The fraction of sp³-hybridized carbons (Fsp3) is 0.591. The molecule has 0 aromatic carbocycles. The second-order valence-electron chi connectivity index (χ2n) is 8.36. The average molecular weight is 370 g/mol. The Morgan fingerprint density at radius 1 is 1.26 bits per heavy atom. The molecule has 6 atom stereocenters. The highest BCUT2D eigenvalue weighted by Crippen LogP contribution is 2.61. The molecule has 0 amide bonds. The lowest BCUT2D eigenvalue weighted by molar-refractivity contribution is -0.161. The first kappa shape index (κ1) is 19.7. The molecular weight excluding hydrogens is 344 g/mol. The van der Waals surface area contributed by atoms with Crippen LogP contribution in [0.4, 0.5) is 0 Å². The van der Waals surface area contributed by atoms with Gasteiger partial charge in [0.05, 0.1) is 5.60 Å². The fourth-order valence-electron chi connectivity index (χ4n) is 6.21. The lowest BCUT2D eigenvalue weighted by Gasteiger charge is -2.54. The Labute approximate surface area is 159 Å². The maximum absolute atomic E-state index is 13.1. The van der Waals surface area contributed by atoms with E-state index in [-0.39, 0.29) is 41.5 Å². The molecule has 4 aliphatic carbocycles. The van der Waals surface area contributed by atoms with Crippen molar-refractivity contribution in [3.05, 3.63) is 23.8 Å². The summed E-state index contributed by atoms with van der Waals surface area (Å²) >= 11 is 0. The molecule has 5 heteroatoms. The molecule has 144 valence electrons. The van der Waals surface area contributed by atoms with E-state index >= 15 is 0 Å². The largest absolute Gasteiger partial charge is 0.389 e. The summed E-state index contributed by atoms with van der Waals surface area (Å²) in [7, 11) is 0. The maximum Gasteiger partial charge on any atom is 0.178 e. The molecule has 0 heterocycles. The van der Waals surface area contributed by atoms with Crippen molar-refractivity contribution in [1.29, 1.82) is 0 Å². The summed E-state index contributed by atoms with van der Waals surface area (Å²) in [4.78, 5) is 36.9. The molecule has 3 saturated carbocycles. The van der Waals surface area contributed by atoms with E-state index in [2.05, 4.69) is 12.8 Å². The smallest absolute Gasteiger partial charge is 0.178 e. The number of hydrogen-bond donors (Lipinski definition) is 2. The Morgan fingerprint density at radius 2 is 1.96 bits per heavy atom. The number of fused-ring (bicyclic) bond motifs is 5. The van der Waals surface area contributed by atoms with E-state index in [9.17, 15) is 24.6 Å². The van der Waals surface area contributed by atoms with Crippen LogP contribution >= 0.6 is 0 Å². The summed E-state index contributed by atoms with van der Waals surface area (Å²) in [6.45, 7) is 1.43. The summed E-state index contributed by atoms with van der Waals surface area (Å²) in [5.41, 5.74) is -0.765. The van der Waals surface area contributed by atoms with Crippen molar-refractivity contribution in [3.8, 4) is 12.8 Å². The minimum Gasteiger partial charge on any atom is -0.389 e. The van der Waals surface area contributed by atoms with Crippen LogP contribution in [-0.4, -0.2) is 39.8 Å². The van der Waals surface area contributed by atoms with Crippen molar-refractivity contribution in [2.75, 3.05) is 6.61 Å². The van der Waals surface area contributed by atoms with Gasteiger partial charge in [0.25, 0.3) is 0 Å². The molecule has 4 aliphatic rings. The standard InChI is InChI=1S/C20H24O5.C2H2/c1-19-7-6-12(22)8-11(19)2-3-13-14-4-5-15(17(24)10-21)20(14,25)9-16(23)18(13)19;1-2/h6-8,13-15,18,21,25H,2-5,9-10H2,1H3;1-2H. The van der Waals surface area contributed by atoms with Gasteiger partial charge in [0.1, 0.15) is 12.4 Å². The molecule has 0 aromatic heterocycles. The topological polar surface area (TPSA) is 91.7 Å². The highest BCUT2D eigenvalue weighted by atomic mass is 16.3. The average Bonchev–Trinajstić information content (AvgIpc) is 2.99. The monoisotopic (exact) mass is 370 g/mol. The molecular formula is C22H26O5. The van der Waals surface area contributed by atoms with Gasteiger partial charge in [0.2, 0.25) is 0 Å². The number of hydrogen-bond acceptors (Lipinski definition) is 5. The third-order valence-electron chi connectivity index (χ3n) is 7.30. The van der Waals surface area contributed by atoms with E-state index < -0.39 is 23.5 Å². The SMILES string of the molecule is C#C.CC12C=CC(=O)C=C1CCC1C2C(=O)CC2(O)C(C(=O)CO)CCC12. The predicted octanol–water partition coefficient (Wildman–Crippen LogP) is 1.63. The lowest BCUT2D eigenvalue weighted by Crippen LogP contribution is -2.59. The van der Waals surface area contributed by atoms with Crippen molar-refractivity contribution in [2.45, 2.75) is 44.6 Å². The first-order valence-electron chi connectivity index (χ1n) is 9.47. The van der Waals surface area contributed by atoms with Crippen LogP contribution in [0, 0.1) is 41.9 Å². The number of terminal acetylenes is 1. The summed E-state index contributed by atoms with van der Waals surface area (Å²) in [6.07, 6.45) is 15.8. The van der Waals surface area contributed by atoms with E-state index in [0.29, 0.717) is 12.8 Å². The van der Waals surface area contributed by atoms with Crippen molar-refractivity contribution in [3.63, 3.8) is 0 Å². The zero-order valence-corrected chi connectivity index (χ0v) is 15.6. The first-order chi connectivity index (χ1) is 12.8. The normalized spacial score (nSPS) is 42.2. The number of aliphatic hydroxyl groups excluding tert-OH is 1. The number of Topliss-reactive ketones (excluding diaryl/α,β-unsaturated/α-hetero) is 2. The van der Waals surface area contributed by atoms with Crippen molar-refractivity contribution < 1.29 is 24.6 Å². The van der Waals surface area contributed by atoms with Gasteiger partial charge in [0.15, 0.2) is 11.6 Å². The van der Waals surface area contributed by atoms with Gasteiger partial charge >= 0.3 is 0 Å². The zero-order valence-electron chi connectivity index (χ0n) is 15.6. The molecule has 0 radical (unpaired) electrons. The molecule has 3 fully saturated rings. The van der Waals surface area contributed by atoms with Crippen LogP contribution in [-0.2, 0) is 14.4 Å². The Balaban J connectivity index is 0.00000102. The highest BCUT2D eigenvalue weighted by Gasteiger charge is 2.64. The zero-order chi connectivity index (χ0) is 20.0. The van der Waals surface area contributed by atoms with Crippen molar-refractivity contribution >= 4 is 17.3 Å². The molecule has 5 nitrogen and oxygen atoms in total. The van der Waals surface area contributed by atoms with Crippen LogP contribution in [0.2, 0.25) is 0 Å². The summed E-state index contributed by atoms with van der Waals surface area (Å²) in [5, 5.41) is 20.5. The number of carbonyl (C=O) groups is 3. The van der Waals surface area contributed by atoms with Gasteiger partial charge in [-0.15, -0.1) is 12.8 Å². The van der Waals surface area contributed by atoms with Crippen LogP contribution in [0.3, 0.4) is 0 Å². The van der Waals surface area contributed by atoms with Gasteiger partial charge < -0.3 is 10.2 Å². The number of carbonyl (C=O) groups excluding carboxylic acids is 3. The second kappa shape index (κ2) is 6.85. The minimum absolute atomic E-state index is 0.0164. The highest BCUT2D eigenvalue weighted by molar-refractivity contribution is 6.02. The molecule has 4 rings (SSSR count). The van der Waals surface area contributed by atoms with E-state index in [0.717, 1.165) is 18.4 Å². The van der Waals surface area contributed by atoms with E-state index in [1.165, 1.54) is 0 Å². The van der Waals surface area contributed by atoms with Crippen LogP contribution in [0.25, 0.3) is 0 Å². The molecule has 6 unspecified atom stereocenters. The van der Waals surface area contributed by atoms with Gasteiger partial charge in [0, 0.05) is 23.7 Å². The second-order valence-corrected chi connectivity index (χ2v) is 8.36. The molecule has 0 aliphatic heterocycles. The van der Waals surface area contributed by atoms with Crippen LogP contribution in [0.5, 0.6) is 0 Å². The summed E-state index contributed by atoms with van der Waals surface area (Å²) in [5.74, 6) is -1.37. The third-order valence-corrected chi connectivity index (χ3v) is 7.30. The van der Waals surface area contributed by atoms with Crippen LogP contribution < -0.4 is 0 Å². The van der Waals surface area contributed by atoms with E-state index in [4.69, 9.17) is 0 Å². The van der Waals surface area contributed by atoms with Crippen LogP contribution in [0.15, 0.2) is 23.8 Å². The molecule has 0 spiro atoms. The molecule has 0 saturated heterocycles. The van der Waals surface area contributed by atoms with E-state index in [1.54, 1.807) is 12.2 Å². The quantitative estimate of drug-likeness (QED) is 0.721. The molecule has 0 bridgehead atoms. The molecule has 27 heavy (non-hydrogen) atoms. The van der Waals surface area contributed by atoms with Crippen LogP contribution in [0.1, 0.15) is 39.0 Å². The molecule has 2 N–H and O–H groups in total.